The van der Waals surface area contributed by atoms with Gasteiger partial charge in [0.05, 0.1) is 18.8 Å². The number of aromatic amines is 1. The number of hydrogen-bond donors (Lipinski definition) is 1. The van der Waals surface area contributed by atoms with E-state index in [2.05, 4.69) is 50.0 Å². The Morgan fingerprint density at radius 3 is 2.73 bits per heavy atom. The Hall–Kier alpha value is -1.32. The van der Waals surface area contributed by atoms with Crippen molar-refractivity contribution >= 4 is 10.9 Å². The summed E-state index contributed by atoms with van der Waals surface area (Å²) in [6.07, 6.45) is 3.01. The quantitative estimate of drug-likeness (QED) is 0.563. The second-order valence-corrected chi connectivity index (χ2v) is 8.32. The fourth-order valence-electron chi connectivity index (χ4n) is 4.59. The maximum absolute atomic E-state index is 13.3. The number of fused-ring (bicyclic) bond motifs is 5. The molecule has 0 amide bonds. The molecule has 2 aliphatic rings. The van der Waals surface area contributed by atoms with Crippen LogP contribution in [0.15, 0.2) is 24.3 Å². The van der Waals surface area contributed by atoms with E-state index in [4.69, 9.17) is 0 Å². The minimum Gasteiger partial charge on any atom is -0.632 e. The lowest BCUT2D eigenvalue weighted by atomic mass is 9.71. The van der Waals surface area contributed by atoms with Gasteiger partial charge in [0.2, 0.25) is 0 Å². The summed E-state index contributed by atoms with van der Waals surface area (Å²) >= 11 is 0. The molecule has 3 heteroatoms. The smallest absolute Gasteiger partial charge is 0.130 e. The molecule has 4 rings (SSSR count). The molecule has 1 N–H and O–H groups in total. The van der Waals surface area contributed by atoms with Crippen LogP contribution in [0.3, 0.4) is 0 Å². The number of para-hydroxylation sites is 1. The standard InChI is InChI=1S/C19H26N2O/c1-19(2,3)13-8-10-21(22)11-9-15-14-6-4-5-7-16(14)20-18(15)17(21)12-13/h4-7,13,17,20H,8-12H2,1-3H3/t13-,17+,21-/m1/s1. The summed E-state index contributed by atoms with van der Waals surface area (Å²) in [5.74, 6) is 0.634. The van der Waals surface area contributed by atoms with Gasteiger partial charge in [-0.3, -0.25) is 0 Å². The second-order valence-electron chi connectivity index (χ2n) is 8.32. The van der Waals surface area contributed by atoms with Gasteiger partial charge in [-0.15, -0.1) is 0 Å². The summed E-state index contributed by atoms with van der Waals surface area (Å²) in [6.45, 7) is 8.48. The summed E-state index contributed by atoms with van der Waals surface area (Å²) in [5, 5.41) is 14.7. The van der Waals surface area contributed by atoms with Crippen LogP contribution in [0.5, 0.6) is 0 Å². The van der Waals surface area contributed by atoms with Crippen molar-refractivity contribution in [2.75, 3.05) is 13.1 Å². The van der Waals surface area contributed by atoms with Crippen LogP contribution < -0.4 is 0 Å². The zero-order valence-corrected chi connectivity index (χ0v) is 13.9. The lowest BCUT2D eigenvalue weighted by molar-refractivity contribution is -0.920. The van der Waals surface area contributed by atoms with Crippen LogP contribution in [0.2, 0.25) is 0 Å². The SMILES string of the molecule is CC(C)(C)[C@@H]1CC[N@@+]2([O-])CCc3c([nH]c4ccccc34)[C@@H]2C1. The molecule has 22 heavy (non-hydrogen) atoms. The number of nitrogens with one attached hydrogen (secondary N) is 1. The third-order valence-corrected chi connectivity index (χ3v) is 6.08. The summed E-state index contributed by atoms with van der Waals surface area (Å²) in [7, 11) is 0. The largest absolute Gasteiger partial charge is 0.632 e. The van der Waals surface area contributed by atoms with Gasteiger partial charge in [0.15, 0.2) is 0 Å². The van der Waals surface area contributed by atoms with Crippen molar-refractivity contribution in [2.24, 2.45) is 11.3 Å². The number of quaternary nitrogens is 1. The highest BCUT2D eigenvalue weighted by molar-refractivity contribution is 5.85. The number of nitrogens with zero attached hydrogens (tertiary/aromatic N) is 1. The van der Waals surface area contributed by atoms with E-state index < -0.39 is 0 Å². The molecule has 3 nitrogen and oxygen atoms in total. The van der Waals surface area contributed by atoms with Gasteiger partial charge in [-0.2, -0.15) is 0 Å². The summed E-state index contributed by atoms with van der Waals surface area (Å²) in [5.41, 5.74) is 4.12. The van der Waals surface area contributed by atoms with Crippen molar-refractivity contribution in [3.63, 3.8) is 0 Å². The number of H-pyrrole nitrogens is 1. The number of aromatic nitrogens is 1. The molecule has 0 bridgehead atoms. The van der Waals surface area contributed by atoms with E-state index in [-0.39, 0.29) is 16.1 Å². The van der Waals surface area contributed by atoms with Gasteiger partial charge in [-0.25, -0.2) is 0 Å². The van der Waals surface area contributed by atoms with Crippen molar-refractivity contribution in [3.8, 4) is 0 Å². The fraction of sp³-hybridized carbons (Fsp3) is 0.579. The molecule has 1 aromatic carbocycles. The number of piperidine rings is 1. The zero-order chi connectivity index (χ0) is 15.5. The Morgan fingerprint density at radius 1 is 1.18 bits per heavy atom. The van der Waals surface area contributed by atoms with E-state index in [0.717, 1.165) is 32.4 Å². The van der Waals surface area contributed by atoms with E-state index in [1.165, 1.54) is 22.2 Å². The average molecular weight is 298 g/mol. The molecule has 1 aromatic heterocycles. The third kappa shape index (κ3) is 2.03. The van der Waals surface area contributed by atoms with Gasteiger partial charge in [0.25, 0.3) is 0 Å². The molecule has 0 radical (unpaired) electrons. The maximum atomic E-state index is 13.3. The number of benzene rings is 1. The van der Waals surface area contributed by atoms with Gasteiger partial charge >= 0.3 is 0 Å². The topological polar surface area (TPSA) is 38.8 Å². The highest BCUT2D eigenvalue weighted by atomic mass is 16.5. The van der Waals surface area contributed by atoms with Crippen molar-refractivity contribution in [1.82, 2.24) is 4.98 Å². The summed E-state index contributed by atoms with van der Waals surface area (Å²) in [4.78, 5) is 3.60. The molecule has 0 saturated carbocycles. The third-order valence-electron chi connectivity index (χ3n) is 6.08. The first kappa shape index (κ1) is 14.3. The second kappa shape index (κ2) is 4.59. The summed E-state index contributed by atoms with van der Waals surface area (Å²) in [6, 6.07) is 8.61. The molecule has 3 heterocycles. The molecule has 2 aliphatic heterocycles. The number of rotatable bonds is 0. The Kier molecular flexibility index (Phi) is 2.98. The highest BCUT2D eigenvalue weighted by Gasteiger charge is 2.45. The van der Waals surface area contributed by atoms with Crippen molar-refractivity contribution in [3.05, 3.63) is 40.7 Å². The Morgan fingerprint density at radius 2 is 1.95 bits per heavy atom. The van der Waals surface area contributed by atoms with Crippen LogP contribution >= 0.6 is 0 Å². The lowest BCUT2D eigenvalue weighted by Crippen LogP contribution is -2.55. The van der Waals surface area contributed by atoms with Gasteiger partial charge in [0.1, 0.15) is 6.04 Å². The zero-order valence-electron chi connectivity index (χ0n) is 13.9. The van der Waals surface area contributed by atoms with E-state index in [9.17, 15) is 5.21 Å². The number of hydrogen-bond acceptors (Lipinski definition) is 1. The first-order valence-corrected chi connectivity index (χ1v) is 8.56. The van der Waals surface area contributed by atoms with Crippen LogP contribution in [0.1, 0.15) is 50.9 Å². The Bertz CT molecular complexity index is 712. The van der Waals surface area contributed by atoms with Gasteiger partial charge < -0.3 is 14.8 Å². The van der Waals surface area contributed by atoms with E-state index in [1.807, 2.05) is 0 Å². The molecular weight excluding hydrogens is 272 g/mol. The normalized spacial score (nSPS) is 31.8. The monoisotopic (exact) mass is 298 g/mol. The summed E-state index contributed by atoms with van der Waals surface area (Å²) < 4.78 is -0.00754. The molecule has 2 aromatic rings. The fourth-order valence-corrected chi connectivity index (χ4v) is 4.59. The first-order chi connectivity index (χ1) is 10.4. The van der Waals surface area contributed by atoms with Crippen LogP contribution in [0.25, 0.3) is 10.9 Å². The molecular formula is C19H26N2O. The minimum atomic E-state index is -0.00754. The van der Waals surface area contributed by atoms with Crippen LogP contribution in [0.4, 0.5) is 0 Å². The van der Waals surface area contributed by atoms with Crippen LogP contribution in [-0.2, 0) is 6.42 Å². The van der Waals surface area contributed by atoms with Crippen LogP contribution in [-0.4, -0.2) is 22.7 Å². The highest BCUT2D eigenvalue weighted by Crippen LogP contribution is 2.49. The predicted octanol–water partition coefficient (Wildman–Crippen LogP) is 4.54. The molecule has 3 atom stereocenters. The first-order valence-electron chi connectivity index (χ1n) is 8.56. The molecule has 0 aliphatic carbocycles. The van der Waals surface area contributed by atoms with Gasteiger partial charge in [-0.05, 0) is 23.0 Å². The van der Waals surface area contributed by atoms with Crippen molar-refractivity contribution in [2.45, 2.75) is 46.1 Å². The molecule has 0 unspecified atom stereocenters. The van der Waals surface area contributed by atoms with Gasteiger partial charge in [0, 0.05) is 30.2 Å². The Balaban J connectivity index is 1.80. The minimum absolute atomic E-state index is 0.00754. The van der Waals surface area contributed by atoms with Crippen LogP contribution in [0, 0.1) is 16.5 Å². The predicted molar refractivity (Wildman–Crippen MR) is 90.3 cm³/mol. The average Bonchev–Trinajstić information content (AvgIpc) is 2.84. The molecule has 118 valence electrons. The lowest BCUT2D eigenvalue weighted by Gasteiger charge is -2.56. The molecule has 0 spiro atoms. The molecule has 1 saturated heterocycles. The Labute approximate surface area is 132 Å². The van der Waals surface area contributed by atoms with Crippen molar-refractivity contribution < 1.29 is 4.65 Å². The van der Waals surface area contributed by atoms with E-state index in [0.29, 0.717) is 5.92 Å². The van der Waals surface area contributed by atoms with Crippen molar-refractivity contribution in [1.29, 1.82) is 0 Å². The van der Waals surface area contributed by atoms with Gasteiger partial charge in [-0.1, -0.05) is 39.0 Å². The van der Waals surface area contributed by atoms with E-state index in [1.54, 1.807) is 0 Å². The molecule has 1 fully saturated rings. The maximum Gasteiger partial charge on any atom is 0.130 e. The van der Waals surface area contributed by atoms with E-state index >= 15 is 0 Å². The number of hydroxylamine groups is 3.